The Morgan fingerprint density at radius 2 is 1.67 bits per heavy atom. The standard InChI is InChI=1S/C19H21N3.C2H6/c1-4-8-15-12-18-17(11-13(15)2)19(21-14(3)20-18)22-16-9-6-5-7-10-16;1-2/h5-7,9-12H,4,8H2,1-3H3,(H,20,21,22);1-2H3. The van der Waals surface area contributed by atoms with Crippen molar-refractivity contribution in [3.63, 3.8) is 0 Å². The van der Waals surface area contributed by atoms with Gasteiger partial charge in [-0.2, -0.15) is 0 Å². The molecule has 0 saturated heterocycles. The van der Waals surface area contributed by atoms with Crippen LogP contribution in [0.25, 0.3) is 10.9 Å². The third kappa shape index (κ3) is 4.10. The van der Waals surface area contributed by atoms with Gasteiger partial charge in [0.1, 0.15) is 11.6 Å². The number of fused-ring (bicyclic) bond motifs is 1. The van der Waals surface area contributed by atoms with Gasteiger partial charge in [-0.05, 0) is 55.7 Å². The molecule has 3 aromatic rings. The number of anilines is 2. The third-order valence-electron chi connectivity index (χ3n) is 3.82. The third-order valence-corrected chi connectivity index (χ3v) is 3.82. The van der Waals surface area contributed by atoms with Crippen molar-refractivity contribution in [2.45, 2.75) is 47.5 Å². The predicted molar refractivity (Wildman–Crippen MR) is 104 cm³/mol. The maximum Gasteiger partial charge on any atom is 0.142 e. The van der Waals surface area contributed by atoms with Crippen LogP contribution in [0.5, 0.6) is 0 Å². The van der Waals surface area contributed by atoms with Gasteiger partial charge in [0.05, 0.1) is 5.52 Å². The molecular formula is C21H27N3. The molecule has 0 amide bonds. The Labute approximate surface area is 145 Å². The number of nitrogens with zero attached hydrogens (tertiary/aromatic N) is 2. The molecule has 0 aliphatic heterocycles. The van der Waals surface area contributed by atoms with Crippen molar-refractivity contribution in [2.24, 2.45) is 0 Å². The van der Waals surface area contributed by atoms with Crippen LogP contribution >= 0.6 is 0 Å². The second-order valence-corrected chi connectivity index (χ2v) is 5.66. The van der Waals surface area contributed by atoms with Crippen molar-refractivity contribution in [1.82, 2.24) is 9.97 Å². The lowest BCUT2D eigenvalue weighted by Crippen LogP contribution is -2.00. The molecule has 24 heavy (non-hydrogen) atoms. The van der Waals surface area contributed by atoms with Crippen LogP contribution in [0, 0.1) is 13.8 Å². The molecule has 0 aliphatic rings. The molecule has 0 aliphatic carbocycles. The summed E-state index contributed by atoms with van der Waals surface area (Å²) in [6.07, 6.45) is 2.23. The van der Waals surface area contributed by atoms with Gasteiger partial charge in [-0.3, -0.25) is 0 Å². The largest absolute Gasteiger partial charge is 0.340 e. The molecular weight excluding hydrogens is 294 g/mol. The van der Waals surface area contributed by atoms with Crippen molar-refractivity contribution in [2.75, 3.05) is 5.32 Å². The monoisotopic (exact) mass is 321 g/mol. The van der Waals surface area contributed by atoms with Gasteiger partial charge < -0.3 is 5.32 Å². The number of aromatic nitrogens is 2. The normalized spacial score (nSPS) is 10.2. The van der Waals surface area contributed by atoms with Crippen LogP contribution in [0.2, 0.25) is 0 Å². The lowest BCUT2D eigenvalue weighted by molar-refractivity contribution is 0.913. The SMILES string of the molecule is CC.CCCc1cc2nc(C)nc(Nc3ccccc3)c2cc1C. The van der Waals surface area contributed by atoms with Crippen LogP contribution in [0.15, 0.2) is 42.5 Å². The van der Waals surface area contributed by atoms with Gasteiger partial charge in [-0.15, -0.1) is 0 Å². The van der Waals surface area contributed by atoms with Crippen LogP contribution < -0.4 is 5.32 Å². The number of nitrogens with one attached hydrogen (secondary N) is 1. The van der Waals surface area contributed by atoms with Crippen LogP contribution in [-0.2, 0) is 6.42 Å². The topological polar surface area (TPSA) is 37.8 Å². The van der Waals surface area contributed by atoms with Crippen molar-refractivity contribution in [3.8, 4) is 0 Å². The van der Waals surface area contributed by atoms with E-state index in [4.69, 9.17) is 0 Å². The maximum atomic E-state index is 4.61. The van der Waals surface area contributed by atoms with Crippen molar-refractivity contribution in [1.29, 1.82) is 0 Å². The summed E-state index contributed by atoms with van der Waals surface area (Å²) < 4.78 is 0. The zero-order valence-electron chi connectivity index (χ0n) is 15.4. The quantitative estimate of drug-likeness (QED) is 0.643. The molecule has 126 valence electrons. The summed E-state index contributed by atoms with van der Waals surface area (Å²) in [4.78, 5) is 9.20. The number of benzene rings is 2. The highest BCUT2D eigenvalue weighted by atomic mass is 15.0. The average Bonchev–Trinajstić information content (AvgIpc) is 2.59. The Morgan fingerprint density at radius 1 is 0.958 bits per heavy atom. The van der Waals surface area contributed by atoms with Crippen molar-refractivity contribution in [3.05, 3.63) is 59.4 Å². The number of para-hydroxylation sites is 1. The van der Waals surface area contributed by atoms with Crippen molar-refractivity contribution >= 4 is 22.4 Å². The van der Waals surface area contributed by atoms with E-state index in [-0.39, 0.29) is 0 Å². The van der Waals surface area contributed by atoms with Gasteiger partial charge in [0.15, 0.2) is 0 Å². The second-order valence-electron chi connectivity index (χ2n) is 5.66. The summed E-state index contributed by atoms with van der Waals surface area (Å²) >= 11 is 0. The van der Waals surface area contributed by atoms with Gasteiger partial charge in [0, 0.05) is 11.1 Å². The second kappa shape index (κ2) is 8.44. The fraction of sp³-hybridized carbons (Fsp3) is 0.333. The lowest BCUT2D eigenvalue weighted by Gasteiger charge is -2.12. The number of rotatable bonds is 4. The average molecular weight is 321 g/mol. The molecule has 0 atom stereocenters. The van der Waals surface area contributed by atoms with Gasteiger partial charge in [0.25, 0.3) is 0 Å². The Morgan fingerprint density at radius 3 is 2.33 bits per heavy atom. The Kier molecular flexibility index (Phi) is 6.30. The molecule has 1 aromatic heterocycles. The molecule has 1 heterocycles. The summed E-state index contributed by atoms with van der Waals surface area (Å²) in [6.45, 7) is 10.3. The highest BCUT2D eigenvalue weighted by Crippen LogP contribution is 2.27. The van der Waals surface area contributed by atoms with E-state index in [1.165, 1.54) is 11.1 Å². The van der Waals surface area contributed by atoms with E-state index >= 15 is 0 Å². The highest BCUT2D eigenvalue weighted by molar-refractivity contribution is 5.92. The van der Waals surface area contributed by atoms with Crippen molar-refractivity contribution < 1.29 is 0 Å². The maximum absolute atomic E-state index is 4.61. The molecule has 0 saturated carbocycles. The number of hydrogen-bond donors (Lipinski definition) is 1. The first-order valence-corrected chi connectivity index (χ1v) is 8.77. The van der Waals surface area contributed by atoms with Crippen LogP contribution in [0.1, 0.15) is 44.1 Å². The van der Waals surface area contributed by atoms with E-state index in [9.17, 15) is 0 Å². The van der Waals surface area contributed by atoms with Crippen LogP contribution in [-0.4, -0.2) is 9.97 Å². The van der Waals surface area contributed by atoms with E-state index in [1.54, 1.807) is 0 Å². The fourth-order valence-corrected chi connectivity index (χ4v) is 2.74. The summed E-state index contributed by atoms with van der Waals surface area (Å²) in [5.74, 6) is 1.66. The first kappa shape index (κ1) is 17.9. The predicted octanol–water partition coefficient (Wildman–Crippen LogP) is 5.97. The minimum absolute atomic E-state index is 0.789. The van der Waals surface area contributed by atoms with E-state index in [1.807, 2.05) is 51.1 Å². The number of aryl methyl sites for hydroxylation is 3. The van der Waals surface area contributed by atoms with Gasteiger partial charge in [0.2, 0.25) is 0 Å². The molecule has 0 unspecified atom stereocenters. The molecule has 3 rings (SSSR count). The van der Waals surface area contributed by atoms with Gasteiger partial charge in [-0.1, -0.05) is 45.4 Å². The van der Waals surface area contributed by atoms with Crippen LogP contribution in [0.4, 0.5) is 11.5 Å². The smallest absolute Gasteiger partial charge is 0.142 e. The molecule has 0 bridgehead atoms. The summed E-state index contributed by atoms with van der Waals surface area (Å²) in [6, 6.07) is 14.5. The van der Waals surface area contributed by atoms with Gasteiger partial charge >= 0.3 is 0 Å². The zero-order valence-corrected chi connectivity index (χ0v) is 15.4. The highest BCUT2D eigenvalue weighted by Gasteiger charge is 2.09. The first-order chi connectivity index (χ1) is 11.7. The molecule has 1 N–H and O–H groups in total. The molecule has 3 nitrogen and oxygen atoms in total. The minimum Gasteiger partial charge on any atom is -0.340 e. The summed E-state index contributed by atoms with van der Waals surface area (Å²) in [5, 5.41) is 4.49. The van der Waals surface area contributed by atoms with Crippen LogP contribution in [0.3, 0.4) is 0 Å². The Hall–Kier alpha value is -2.42. The number of hydrogen-bond acceptors (Lipinski definition) is 3. The fourth-order valence-electron chi connectivity index (χ4n) is 2.74. The lowest BCUT2D eigenvalue weighted by atomic mass is 10.0. The molecule has 3 heteroatoms. The Balaban J connectivity index is 0.00000100. The summed E-state index contributed by atoms with van der Waals surface area (Å²) in [7, 11) is 0. The van der Waals surface area contributed by atoms with E-state index in [0.717, 1.165) is 41.1 Å². The Bertz CT molecular complexity index is 795. The molecule has 0 spiro atoms. The molecule has 2 aromatic carbocycles. The van der Waals surface area contributed by atoms with E-state index in [0.29, 0.717) is 0 Å². The van der Waals surface area contributed by atoms with E-state index < -0.39 is 0 Å². The molecule has 0 fully saturated rings. The first-order valence-electron chi connectivity index (χ1n) is 8.77. The minimum atomic E-state index is 0.789. The summed E-state index contributed by atoms with van der Waals surface area (Å²) in [5.41, 5.74) is 4.73. The van der Waals surface area contributed by atoms with E-state index in [2.05, 4.69) is 41.3 Å². The van der Waals surface area contributed by atoms with Gasteiger partial charge in [-0.25, -0.2) is 9.97 Å². The zero-order chi connectivity index (χ0) is 17.5. The molecule has 0 radical (unpaired) electrons.